The van der Waals surface area contributed by atoms with E-state index in [2.05, 4.69) is 42.2 Å². The lowest BCUT2D eigenvalue weighted by atomic mass is 10.0. The number of likely N-dealkylation sites (N-methyl/N-ethyl adjacent to an activating group) is 1. The second kappa shape index (κ2) is 10.6. The first-order chi connectivity index (χ1) is 18.3. The summed E-state index contributed by atoms with van der Waals surface area (Å²) >= 11 is 0. The molecule has 4 heterocycles. The zero-order chi connectivity index (χ0) is 26.7. The van der Waals surface area contributed by atoms with Gasteiger partial charge in [0.1, 0.15) is 5.69 Å². The summed E-state index contributed by atoms with van der Waals surface area (Å²) in [7, 11) is 1.99. The molecule has 0 bridgehead atoms. The van der Waals surface area contributed by atoms with Gasteiger partial charge in [-0.05, 0) is 42.8 Å². The van der Waals surface area contributed by atoms with Gasteiger partial charge in [-0.25, -0.2) is 0 Å². The number of amides is 1. The van der Waals surface area contributed by atoms with E-state index in [4.69, 9.17) is 0 Å². The standard InChI is InChI=1S/C27H24F3N7O/c1-36-8-10-37(11-9-36)17-19-3-4-21(13-23(19)27(28,29)30)33-26(38)20-12-18(14-32-15-20)2-5-24-22-16-31-7-6-25(22)35-34-24/h3-4,6-7,12-16H,8-11,17H2,1H3,(H,33,38)(H,34,35). The fourth-order valence-electron chi connectivity index (χ4n) is 4.22. The Kier molecular flexibility index (Phi) is 7.09. The average Bonchev–Trinajstić information content (AvgIpc) is 3.32. The van der Waals surface area contributed by atoms with E-state index in [-0.39, 0.29) is 23.4 Å². The molecular weight excluding hydrogens is 495 g/mol. The van der Waals surface area contributed by atoms with Gasteiger partial charge in [0.2, 0.25) is 0 Å². The molecule has 8 nitrogen and oxygen atoms in total. The van der Waals surface area contributed by atoms with Crippen molar-refractivity contribution >= 4 is 22.5 Å². The third-order valence-electron chi connectivity index (χ3n) is 6.35. The summed E-state index contributed by atoms with van der Waals surface area (Å²) in [5, 5.41) is 10.3. The summed E-state index contributed by atoms with van der Waals surface area (Å²) in [4.78, 5) is 25.1. The van der Waals surface area contributed by atoms with E-state index in [1.165, 1.54) is 30.6 Å². The van der Waals surface area contributed by atoms with Gasteiger partial charge in [0, 0.05) is 68.8 Å². The lowest BCUT2D eigenvalue weighted by Crippen LogP contribution is -2.44. The maximum atomic E-state index is 13.9. The molecule has 38 heavy (non-hydrogen) atoms. The molecule has 5 rings (SSSR count). The molecule has 1 aromatic carbocycles. The third-order valence-corrected chi connectivity index (χ3v) is 6.35. The Bertz CT molecular complexity index is 1530. The first-order valence-corrected chi connectivity index (χ1v) is 11.9. The van der Waals surface area contributed by atoms with E-state index >= 15 is 0 Å². The third kappa shape index (κ3) is 5.82. The summed E-state index contributed by atoms with van der Waals surface area (Å²) in [5.74, 6) is 5.30. The highest BCUT2D eigenvalue weighted by molar-refractivity contribution is 6.04. The van der Waals surface area contributed by atoms with Crippen LogP contribution in [0.2, 0.25) is 0 Å². The van der Waals surface area contributed by atoms with Crippen molar-refractivity contribution in [3.05, 3.63) is 83.1 Å². The molecule has 2 N–H and O–H groups in total. The highest BCUT2D eigenvalue weighted by Crippen LogP contribution is 2.34. The number of aromatic nitrogens is 4. The maximum absolute atomic E-state index is 13.9. The van der Waals surface area contributed by atoms with Gasteiger partial charge >= 0.3 is 6.18 Å². The van der Waals surface area contributed by atoms with Gasteiger partial charge in [-0.15, -0.1) is 0 Å². The van der Waals surface area contributed by atoms with E-state index in [0.717, 1.165) is 30.1 Å². The van der Waals surface area contributed by atoms with E-state index in [1.54, 1.807) is 18.5 Å². The minimum atomic E-state index is -4.55. The molecule has 0 atom stereocenters. The fraction of sp³-hybridized carbons (Fsp3) is 0.259. The van der Waals surface area contributed by atoms with Crippen LogP contribution in [0, 0.1) is 11.8 Å². The predicted octanol–water partition coefficient (Wildman–Crippen LogP) is 3.77. The van der Waals surface area contributed by atoms with Crippen molar-refractivity contribution in [2.24, 2.45) is 0 Å². The number of carbonyl (C=O) groups excluding carboxylic acids is 1. The number of nitrogens with one attached hydrogen (secondary N) is 2. The number of hydrogen-bond donors (Lipinski definition) is 2. The maximum Gasteiger partial charge on any atom is 0.416 e. The van der Waals surface area contributed by atoms with Crippen LogP contribution >= 0.6 is 0 Å². The minimum absolute atomic E-state index is 0.0531. The Balaban J connectivity index is 1.32. The molecule has 1 amide bonds. The van der Waals surface area contributed by atoms with Crippen molar-refractivity contribution in [1.29, 1.82) is 0 Å². The zero-order valence-electron chi connectivity index (χ0n) is 20.5. The SMILES string of the molecule is CN1CCN(Cc2ccc(NC(=O)c3cncc(C#Cc4[nH]nc5ccncc45)c3)cc2C(F)(F)F)CC1. The van der Waals surface area contributed by atoms with Gasteiger partial charge in [-0.2, -0.15) is 18.3 Å². The first-order valence-electron chi connectivity index (χ1n) is 11.9. The molecule has 3 aromatic heterocycles. The Morgan fingerprint density at radius 1 is 1.05 bits per heavy atom. The van der Waals surface area contributed by atoms with Crippen molar-refractivity contribution in [3.8, 4) is 11.8 Å². The van der Waals surface area contributed by atoms with Gasteiger partial charge in [0.25, 0.3) is 5.91 Å². The van der Waals surface area contributed by atoms with Gasteiger partial charge in [-0.3, -0.25) is 24.8 Å². The predicted molar refractivity (Wildman–Crippen MR) is 136 cm³/mol. The topological polar surface area (TPSA) is 90.0 Å². The minimum Gasteiger partial charge on any atom is -0.322 e. The molecule has 0 unspecified atom stereocenters. The van der Waals surface area contributed by atoms with Crippen LogP contribution in [0.3, 0.4) is 0 Å². The average molecular weight is 520 g/mol. The monoisotopic (exact) mass is 519 g/mol. The van der Waals surface area contributed by atoms with Gasteiger partial charge in [-0.1, -0.05) is 12.0 Å². The summed E-state index contributed by atoms with van der Waals surface area (Å²) in [5.41, 5.74) is 1.40. The molecule has 0 saturated carbocycles. The first kappa shape index (κ1) is 25.4. The highest BCUT2D eigenvalue weighted by Gasteiger charge is 2.34. The highest BCUT2D eigenvalue weighted by atomic mass is 19.4. The number of benzene rings is 1. The number of halogens is 3. The van der Waals surface area contributed by atoms with Crippen LogP contribution in [0.5, 0.6) is 0 Å². The summed E-state index contributed by atoms with van der Waals surface area (Å²) in [6.07, 6.45) is 1.56. The molecule has 4 aromatic rings. The van der Waals surface area contributed by atoms with Crippen LogP contribution in [0.15, 0.2) is 55.1 Å². The lowest BCUT2D eigenvalue weighted by molar-refractivity contribution is -0.138. The molecule has 11 heteroatoms. The summed E-state index contributed by atoms with van der Waals surface area (Å²) in [6.45, 7) is 3.21. The molecule has 1 fully saturated rings. The van der Waals surface area contributed by atoms with E-state index in [0.29, 0.717) is 24.3 Å². The van der Waals surface area contributed by atoms with Crippen molar-refractivity contribution < 1.29 is 18.0 Å². The van der Waals surface area contributed by atoms with Crippen LogP contribution in [-0.4, -0.2) is 69.1 Å². The van der Waals surface area contributed by atoms with Gasteiger partial charge in [0.05, 0.1) is 22.0 Å². The zero-order valence-corrected chi connectivity index (χ0v) is 20.5. The second-order valence-electron chi connectivity index (χ2n) is 9.11. The lowest BCUT2D eigenvalue weighted by Gasteiger charge is -2.33. The van der Waals surface area contributed by atoms with Crippen LogP contribution in [0.4, 0.5) is 18.9 Å². The Hall–Kier alpha value is -4.27. The van der Waals surface area contributed by atoms with E-state index in [9.17, 15) is 18.0 Å². The quantitative estimate of drug-likeness (QED) is 0.399. The smallest absolute Gasteiger partial charge is 0.322 e. The Morgan fingerprint density at radius 2 is 1.87 bits per heavy atom. The van der Waals surface area contributed by atoms with Crippen LogP contribution < -0.4 is 5.32 Å². The molecule has 1 aliphatic rings. The number of fused-ring (bicyclic) bond motifs is 1. The number of anilines is 1. The fourth-order valence-corrected chi connectivity index (χ4v) is 4.22. The van der Waals surface area contributed by atoms with Crippen molar-refractivity contribution in [1.82, 2.24) is 30.0 Å². The number of carbonyl (C=O) groups is 1. The number of H-pyrrole nitrogens is 1. The van der Waals surface area contributed by atoms with Gasteiger partial charge < -0.3 is 10.2 Å². The molecule has 0 spiro atoms. The van der Waals surface area contributed by atoms with Crippen molar-refractivity contribution in [2.75, 3.05) is 38.5 Å². The molecule has 1 aliphatic heterocycles. The number of pyridine rings is 2. The van der Waals surface area contributed by atoms with Crippen LogP contribution in [0.25, 0.3) is 10.9 Å². The normalized spacial score (nSPS) is 14.7. The number of piperazine rings is 1. The molecule has 0 radical (unpaired) electrons. The van der Waals surface area contributed by atoms with E-state index in [1.807, 2.05) is 11.9 Å². The second-order valence-corrected chi connectivity index (χ2v) is 9.11. The summed E-state index contributed by atoms with van der Waals surface area (Å²) < 4.78 is 41.6. The van der Waals surface area contributed by atoms with Crippen LogP contribution in [-0.2, 0) is 12.7 Å². The Labute approximate surface area is 216 Å². The van der Waals surface area contributed by atoms with Gasteiger partial charge in [0.15, 0.2) is 0 Å². The number of aromatic amines is 1. The molecule has 0 aliphatic carbocycles. The van der Waals surface area contributed by atoms with Crippen molar-refractivity contribution in [3.63, 3.8) is 0 Å². The Morgan fingerprint density at radius 3 is 2.66 bits per heavy atom. The number of rotatable bonds is 4. The summed E-state index contributed by atoms with van der Waals surface area (Å²) in [6, 6.07) is 7.19. The van der Waals surface area contributed by atoms with E-state index < -0.39 is 17.6 Å². The molecule has 1 saturated heterocycles. The number of alkyl halides is 3. The van der Waals surface area contributed by atoms with Crippen molar-refractivity contribution in [2.45, 2.75) is 12.7 Å². The molecule has 194 valence electrons. The largest absolute Gasteiger partial charge is 0.416 e. The number of nitrogens with zero attached hydrogens (tertiary/aromatic N) is 5. The van der Waals surface area contributed by atoms with Crippen LogP contribution in [0.1, 0.15) is 32.7 Å². The molecular formula is C27H24F3N7O. The number of hydrogen-bond acceptors (Lipinski definition) is 6.